The van der Waals surface area contributed by atoms with Crippen LogP contribution < -0.4 is 4.74 Å². The van der Waals surface area contributed by atoms with Gasteiger partial charge in [-0.15, -0.1) is 0 Å². The highest BCUT2D eigenvalue weighted by atomic mass is 127. The van der Waals surface area contributed by atoms with E-state index in [1.54, 1.807) is 13.0 Å². The van der Waals surface area contributed by atoms with Gasteiger partial charge in [0.05, 0.1) is 3.57 Å². The van der Waals surface area contributed by atoms with Gasteiger partial charge in [-0.3, -0.25) is 0 Å². The van der Waals surface area contributed by atoms with Crippen LogP contribution in [0.2, 0.25) is 0 Å². The summed E-state index contributed by atoms with van der Waals surface area (Å²) in [5.41, 5.74) is 1.80. The first kappa shape index (κ1) is 23.9. The van der Waals surface area contributed by atoms with Gasteiger partial charge in [0.2, 0.25) is 0 Å². The van der Waals surface area contributed by atoms with Crippen LogP contribution in [0, 0.1) is 15.4 Å². The maximum Gasteiger partial charge on any atom is 0.333 e. The van der Waals surface area contributed by atoms with E-state index in [1.807, 2.05) is 42.5 Å². The van der Waals surface area contributed by atoms with Crippen molar-refractivity contribution >= 4 is 60.4 Å². The molecule has 29 heavy (non-hydrogen) atoms. The fourth-order valence-corrected chi connectivity index (χ4v) is 4.45. The first-order chi connectivity index (χ1) is 13.9. The summed E-state index contributed by atoms with van der Waals surface area (Å²) in [6.07, 6.45) is 3.09. The van der Waals surface area contributed by atoms with Crippen molar-refractivity contribution in [2.45, 2.75) is 19.4 Å². The molecule has 0 amide bonds. The Hall–Kier alpha value is -1.34. The van der Waals surface area contributed by atoms with Crippen molar-refractivity contribution < 1.29 is 19.4 Å². The molecule has 4 nitrogen and oxygen atoms in total. The number of allylic oxidation sites excluding steroid dienone is 1. The minimum Gasteiger partial charge on any atom is -0.488 e. The van der Waals surface area contributed by atoms with Gasteiger partial charge in [0.1, 0.15) is 12.4 Å². The average Bonchev–Trinajstić information content (AvgIpc) is 2.64. The highest BCUT2D eigenvalue weighted by Crippen LogP contribution is 2.23. The Morgan fingerprint density at radius 3 is 2.59 bits per heavy atom. The van der Waals surface area contributed by atoms with E-state index in [1.165, 1.54) is 0 Å². The largest absolute Gasteiger partial charge is 0.488 e. The summed E-state index contributed by atoms with van der Waals surface area (Å²) in [5, 5.41) is 9.20. The number of hydrogen-bond acceptors (Lipinski definition) is 3. The van der Waals surface area contributed by atoms with Crippen molar-refractivity contribution in [1.82, 2.24) is 0 Å². The molecule has 0 spiro atoms. The first-order valence-electron chi connectivity index (χ1n) is 8.77. The lowest BCUT2D eigenvalue weighted by Crippen LogP contribution is -2.26. The summed E-state index contributed by atoms with van der Waals surface area (Å²) in [6.45, 7) is 2.54. The monoisotopic (exact) mass is 632 g/mol. The number of ether oxygens (including phenoxy) is 2. The van der Waals surface area contributed by atoms with E-state index in [0.717, 1.165) is 29.4 Å². The molecule has 1 N–H and O–H groups in total. The Morgan fingerprint density at radius 1 is 1.24 bits per heavy atom. The summed E-state index contributed by atoms with van der Waals surface area (Å²) in [4.78, 5) is 11.2. The van der Waals surface area contributed by atoms with E-state index in [2.05, 4.69) is 66.3 Å². The van der Waals surface area contributed by atoms with E-state index in [0.29, 0.717) is 19.6 Å². The number of aliphatic carboxylic acids is 1. The van der Waals surface area contributed by atoms with Crippen LogP contribution in [-0.4, -0.2) is 30.4 Å². The highest BCUT2D eigenvalue weighted by molar-refractivity contribution is 14.1. The fraction of sp³-hybridized carbons (Fsp3) is 0.227. The van der Waals surface area contributed by atoms with Crippen molar-refractivity contribution in [3.8, 4) is 17.6 Å². The zero-order valence-corrected chi connectivity index (χ0v) is 21.0. The van der Waals surface area contributed by atoms with Gasteiger partial charge in [-0.1, -0.05) is 49.8 Å². The molecule has 0 bridgehead atoms. The lowest BCUT2D eigenvalue weighted by molar-refractivity contribution is -0.149. The second-order valence-corrected chi connectivity index (χ2v) is 8.89. The average molecular weight is 634 g/mol. The fourth-order valence-electron chi connectivity index (χ4n) is 2.42. The highest BCUT2D eigenvalue weighted by Gasteiger charge is 2.18. The van der Waals surface area contributed by atoms with Crippen LogP contribution in [0.5, 0.6) is 5.75 Å². The molecule has 2 aromatic rings. The summed E-state index contributed by atoms with van der Waals surface area (Å²) in [6, 6.07) is 11.5. The Balaban J connectivity index is 1.90. The molecule has 152 valence electrons. The topological polar surface area (TPSA) is 55.8 Å². The summed E-state index contributed by atoms with van der Waals surface area (Å²) < 4.78 is 13.9. The number of benzene rings is 2. The van der Waals surface area contributed by atoms with Gasteiger partial charge in [-0.2, -0.15) is 0 Å². The van der Waals surface area contributed by atoms with Gasteiger partial charge in [0, 0.05) is 27.5 Å². The molecule has 2 rings (SSSR count). The SMILES string of the molecule is CCO[C@@H](Cc1ccc(OC/C=C\C#Cc2cc(Br)cc(Br)c2)c(I)c1)C(=O)O. The third kappa shape index (κ3) is 8.51. The Bertz CT molecular complexity index is 927. The molecule has 0 saturated carbocycles. The molecule has 1 atom stereocenters. The first-order valence-corrected chi connectivity index (χ1v) is 11.4. The number of carbonyl (C=O) groups is 1. The van der Waals surface area contributed by atoms with Gasteiger partial charge < -0.3 is 14.6 Å². The smallest absolute Gasteiger partial charge is 0.333 e. The van der Waals surface area contributed by atoms with Crippen molar-refractivity contribution in [3.63, 3.8) is 0 Å². The number of rotatable bonds is 8. The zero-order chi connectivity index (χ0) is 21.2. The molecule has 0 unspecified atom stereocenters. The molecule has 0 aliphatic carbocycles. The maximum atomic E-state index is 11.2. The van der Waals surface area contributed by atoms with E-state index < -0.39 is 12.1 Å². The number of hydrogen-bond donors (Lipinski definition) is 1. The molecule has 0 aliphatic rings. The van der Waals surface area contributed by atoms with Crippen molar-refractivity contribution in [1.29, 1.82) is 0 Å². The summed E-state index contributed by atoms with van der Waals surface area (Å²) >= 11 is 9.06. The van der Waals surface area contributed by atoms with E-state index in [9.17, 15) is 9.90 Å². The molecule has 0 radical (unpaired) electrons. The zero-order valence-electron chi connectivity index (χ0n) is 15.6. The molecule has 0 aromatic heterocycles. The van der Waals surface area contributed by atoms with Gasteiger partial charge in [-0.25, -0.2) is 4.79 Å². The molecule has 7 heteroatoms. The third-order valence-corrected chi connectivity index (χ3v) is 5.43. The van der Waals surface area contributed by atoms with Crippen LogP contribution in [0.3, 0.4) is 0 Å². The van der Waals surface area contributed by atoms with E-state index in [-0.39, 0.29) is 0 Å². The lowest BCUT2D eigenvalue weighted by atomic mass is 10.1. The Labute approximate surface area is 201 Å². The Kier molecular flexibility index (Phi) is 10.2. The van der Waals surface area contributed by atoms with Gasteiger partial charge >= 0.3 is 5.97 Å². The predicted molar refractivity (Wildman–Crippen MR) is 129 cm³/mol. The minimum atomic E-state index is -0.955. The van der Waals surface area contributed by atoms with Gasteiger partial charge in [-0.05, 0) is 77.6 Å². The second kappa shape index (κ2) is 12.4. The van der Waals surface area contributed by atoms with Crippen LogP contribution in [0.4, 0.5) is 0 Å². The quantitative estimate of drug-likeness (QED) is 0.294. The standard InChI is InChI=1S/C22H19Br2IO4/c1-2-28-21(22(26)27)13-16-7-8-20(19(25)12-16)29-9-5-3-4-6-15-10-17(23)14-18(24)11-15/h3,5,7-8,10-12,14,21H,2,9,13H2,1H3,(H,26,27)/b5-3-/t21-/m0/s1. The van der Waals surface area contributed by atoms with Crippen molar-refractivity contribution in [2.75, 3.05) is 13.2 Å². The Morgan fingerprint density at radius 2 is 1.97 bits per heavy atom. The van der Waals surface area contributed by atoms with Crippen LogP contribution in [0.25, 0.3) is 0 Å². The second-order valence-electron chi connectivity index (χ2n) is 5.89. The molecule has 2 aromatic carbocycles. The van der Waals surface area contributed by atoms with Crippen LogP contribution >= 0.6 is 54.5 Å². The molecule has 0 aliphatic heterocycles. The van der Waals surface area contributed by atoms with Crippen LogP contribution in [0.1, 0.15) is 18.1 Å². The number of carboxylic acids is 1. The lowest BCUT2D eigenvalue weighted by Gasteiger charge is -2.13. The molecular formula is C22H19Br2IO4. The normalized spacial score (nSPS) is 11.7. The van der Waals surface area contributed by atoms with Crippen LogP contribution in [-0.2, 0) is 16.0 Å². The number of carboxylic acid groups (broad SMARTS) is 1. The van der Waals surface area contributed by atoms with Gasteiger partial charge in [0.25, 0.3) is 0 Å². The summed E-state index contributed by atoms with van der Waals surface area (Å²) in [7, 11) is 0. The van der Waals surface area contributed by atoms with Crippen molar-refractivity contribution in [2.24, 2.45) is 0 Å². The molecule has 0 saturated heterocycles. The third-order valence-electron chi connectivity index (χ3n) is 3.68. The molecule has 0 fully saturated rings. The summed E-state index contributed by atoms with van der Waals surface area (Å²) in [5.74, 6) is 5.84. The van der Waals surface area contributed by atoms with Gasteiger partial charge in [0.15, 0.2) is 6.10 Å². The van der Waals surface area contributed by atoms with E-state index in [4.69, 9.17) is 9.47 Å². The molecule has 0 heterocycles. The number of halogens is 3. The van der Waals surface area contributed by atoms with Crippen molar-refractivity contribution in [3.05, 3.63) is 72.2 Å². The van der Waals surface area contributed by atoms with E-state index >= 15 is 0 Å². The van der Waals surface area contributed by atoms with Crippen LogP contribution in [0.15, 0.2) is 57.5 Å². The predicted octanol–water partition coefficient (Wildman–Crippen LogP) is 5.84. The maximum absolute atomic E-state index is 11.2. The minimum absolute atomic E-state index is 0.320. The molecular weight excluding hydrogens is 615 g/mol.